The van der Waals surface area contributed by atoms with E-state index in [4.69, 9.17) is 9.72 Å². The molecule has 3 heterocycles. The summed E-state index contributed by atoms with van der Waals surface area (Å²) in [6.45, 7) is 4.49. The molecule has 0 saturated heterocycles. The van der Waals surface area contributed by atoms with Gasteiger partial charge >= 0.3 is 0 Å². The van der Waals surface area contributed by atoms with Crippen LogP contribution in [0.15, 0.2) is 200 Å². The van der Waals surface area contributed by atoms with Gasteiger partial charge in [0.25, 0.3) is 6.33 Å². The maximum atomic E-state index is 6.68. The van der Waals surface area contributed by atoms with E-state index < -0.39 is 0 Å². The summed E-state index contributed by atoms with van der Waals surface area (Å²) in [5, 5.41) is 2.23. The van der Waals surface area contributed by atoms with E-state index in [1.165, 1.54) is 5.56 Å². The monoisotopic (exact) mass is 1010 g/mol. The van der Waals surface area contributed by atoms with Crippen LogP contribution in [0.2, 0.25) is 0 Å². The maximum Gasteiger partial charge on any atom is 0.268 e. The second kappa shape index (κ2) is 17.4. The first-order valence-electron chi connectivity index (χ1n) is 21.5. The number of para-hydroxylation sites is 2. The molecule has 0 radical (unpaired) electrons. The minimum Gasteiger partial charge on any atom is -0.510 e. The summed E-state index contributed by atoms with van der Waals surface area (Å²) in [7, 11) is 0. The third kappa shape index (κ3) is 7.63. The van der Waals surface area contributed by atoms with E-state index in [1.54, 1.807) is 0 Å². The van der Waals surface area contributed by atoms with Crippen LogP contribution in [0.1, 0.15) is 19.4 Å². The van der Waals surface area contributed by atoms with Gasteiger partial charge in [0.2, 0.25) is 0 Å². The standard InChI is InChI=1S/C58H42N4O.Pt/c1-40(2)34-41-32-33-59-57(35-41)62-53-27-13-12-24-51(53)52-30-29-48(38-55(52)62)63-47-23-14-22-46(37-47)60-39-61(54-31-28-45(36-56(54)60)42-16-6-3-7-17-42)58-49(43-18-8-4-9-19-43)25-15-26-50(58)44-20-10-5-11-21-44;/h3-33,35-36,40H,34H2,1-2H3;/q-2;. The molecule has 0 bridgehead atoms. The summed E-state index contributed by atoms with van der Waals surface area (Å²) >= 11 is 0. The first-order valence-corrected chi connectivity index (χ1v) is 21.5. The molecule has 0 spiro atoms. The van der Waals surface area contributed by atoms with Gasteiger partial charge in [0.05, 0.1) is 16.7 Å². The van der Waals surface area contributed by atoms with Crippen LogP contribution >= 0.6 is 0 Å². The molecule has 312 valence electrons. The Morgan fingerprint density at radius 3 is 1.94 bits per heavy atom. The number of imidazole rings is 1. The zero-order chi connectivity index (χ0) is 42.3. The molecule has 0 saturated carbocycles. The average molecular weight is 1010 g/mol. The Balaban J connectivity index is 0.00000484. The largest absolute Gasteiger partial charge is 0.510 e. The molecule has 8 aromatic carbocycles. The van der Waals surface area contributed by atoms with Gasteiger partial charge in [-0.3, -0.25) is 4.57 Å². The summed E-state index contributed by atoms with van der Waals surface area (Å²) in [6.07, 6.45) is 6.71. The van der Waals surface area contributed by atoms with Gasteiger partial charge in [-0.25, -0.2) is 4.98 Å². The van der Waals surface area contributed by atoms with Crippen molar-refractivity contribution in [2.24, 2.45) is 5.92 Å². The third-order valence-corrected chi connectivity index (χ3v) is 11.6. The van der Waals surface area contributed by atoms with Gasteiger partial charge in [0.15, 0.2) is 0 Å². The molecule has 0 aliphatic carbocycles. The van der Waals surface area contributed by atoms with Crippen molar-refractivity contribution in [2.45, 2.75) is 20.3 Å². The van der Waals surface area contributed by atoms with Crippen molar-refractivity contribution in [1.29, 1.82) is 0 Å². The van der Waals surface area contributed by atoms with Crippen molar-refractivity contribution >= 4 is 32.8 Å². The molecule has 0 fully saturated rings. The Morgan fingerprint density at radius 2 is 1.22 bits per heavy atom. The third-order valence-electron chi connectivity index (χ3n) is 11.6. The van der Waals surface area contributed by atoms with Crippen molar-refractivity contribution in [3.8, 4) is 62.1 Å². The van der Waals surface area contributed by atoms with Gasteiger partial charge < -0.3 is 13.9 Å². The number of aromatic nitrogens is 4. The van der Waals surface area contributed by atoms with Crippen molar-refractivity contribution in [2.75, 3.05) is 0 Å². The van der Waals surface area contributed by atoms with Crippen LogP contribution in [-0.4, -0.2) is 14.1 Å². The minimum atomic E-state index is 0. The number of hydrogen-bond donors (Lipinski definition) is 0. The minimum absolute atomic E-state index is 0. The molecular weight excluding hydrogens is 964 g/mol. The van der Waals surface area contributed by atoms with E-state index in [0.29, 0.717) is 17.4 Å². The van der Waals surface area contributed by atoms with E-state index in [0.717, 1.165) is 89.8 Å². The molecule has 0 aliphatic heterocycles. The average Bonchev–Trinajstić information content (AvgIpc) is 3.87. The Morgan fingerprint density at radius 1 is 0.562 bits per heavy atom. The van der Waals surface area contributed by atoms with Crippen molar-refractivity contribution in [3.63, 3.8) is 0 Å². The van der Waals surface area contributed by atoms with Gasteiger partial charge in [0.1, 0.15) is 5.82 Å². The van der Waals surface area contributed by atoms with Crippen LogP contribution in [-0.2, 0) is 27.5 Å². The Kier molecular flexibility index (Phi) is 11.1. The molecule has 64 heavy (non-hydrogen) atoms. The van der Waals surface area contributed by atoms with Gasteiger partial charge in [-0.05, 0) is 86.6 Å². The van der Waals surface area contributed by atoms with E-state index in [2.05, 4.69) is 222 Å². The van der Waals surface area contributed by atoms with Crippen molar-refractivity contribution in [3.05, 3.63) is 224 Å². The van der Waals surface area contributed by atoms with E-state index in [-0.39, 0.29) is 21.1 Å². The first-order chi connectivity index (χ1) is 31.1. The van der Waals surface area contributed by atoms with Crippen LogP contribution in [0.25, 0.3) is 83.4 Å². The number of fused-ring (bicyclic) bond motifs is 4. The Labute approximate surface area is 387 Å². The van der Waals surface area contributed by atoms with Crippen molar-refractivity contribution in [1.82, 2.24) is 14.1 Å². The van der Waals surface area contributed by atoms with Crippen molar-refractivity contribution < 1.29 is 30.4 Å². The number of benzene rings is 8. The molecular formula is C58H42N4OPt-2. The molecule has 6 heteroatoms. The number of ether oxygens (including phenoxy) is 1. The summed E-state index contributed by atoms with van der Waals surface area (Å²) in [6, 6.07) is 75.0. The smallest absolute Gasteiger partial charge is 0.268 e. The molecule has 11 aromatic rings. The molecule has 5 nitrogen and oxygen atoms in total. The molecule has 0 N–H and O–H groups in total. The quantitative estimate of drug-likeness (QED) is 0.101. The summed E-state index contributed by atoms with van der Waals surface area (Å²) in [4.78, 5) is 4.86. The molecule has 11 rings (SSSR count). The van der Waals surface area contributed by atoms with E-state index in [9.17, 15) is 0 Å². The molecule has 3 aromatic heterocycles. The Hall–Kier alpha value is -7.33. The summed E-state index contributed by atoms with van der Waals surface area (Å²) in [5.74, 6) is 2.56. The molecule has 0 unspecified atom stereocenters. The molecule has 0 aliphatic rings. The van der Waals surface area contributed by atoms with Gasteiger partial charge in [-0.1, -0.05) is 159 Å². The van der Waals surface area contributed by atoms with Gasteiger partial charge in [-0.15, -0.1) is 29.7 Å². The molecule has 0 atom stereocenters. The first kappa shape index (κ1) is 40.7. The SMILES string of the molecule is CC(C)Cc1ccnc(-n2c3[c-]c(Oc4[c-]c(-n5[c-][n+](-c6c(-c7ccccc7)cccc6-c6ccccc6)c6ccc(-c7ccccc7)cc65)ccc4)ccc3c3ccccc32)c1.[Pt]. The second-order valence-electron chi connectivity index (χ2n) is 16.3. The van der Waals surface area contributed by atoms with Crippen LogP contribution in [0.5, 0.6) is 11.5 Å². The normalized spacial score (nSPS) is 11.4. The van der Waals surface area contributed by atoms with Crippen LogP contribution < -0.4 is 9.30 Å². The fourth-order valence-electron chi connectivity index (χ4n) is 8.85. The number of nitrogens with zero attached hydrogens (tertiary/aromatic N) is 4. The van der Waals surface area contributed by atoms with Crippen LogP contribution in [0.4, 0.5) is 0 Å². The zero-order valence-corrected chi connectivity index (χ0v) is 37.6. The number of rotatable bonds is 10. The fraction of sp³-hybridized carbons (Fsp3) is 0.0690. The van der Waals surface area contributed by atoms with E-state index in [1.807, 2.05) is 24.4 Å². The predicted molar refractivity (Wildman–Crippen MR) is 255 cm³/mol. The molecule has 0 amide bonds. The number of hydrogen-bond acceptors (Lipinski definition) is 2. The van der Waals surface area contributed by atoms with Gasteiger partial charge in [0, 0.05) is 44.3 Å². The van der Waals surface area contributed by atoms with E-state index >= 15 is 0 Å². The van der Waals surface area contributed by atoms with Crippen LogP contribution in [0, 0.1) is 24.4 Å². The fourth-order valence-corrected chi connectivity index (χ4v) is 8.85. The second-order valence-corrected chi connectivity index (χ2v) is 16.3. The summed E-state index contributed by atoms with van der Waals surface area (Å²) in [5.41, 5.74) is 13.8. The summed E-state index contributed by atoms with van der Waals surface area (Å²) < 4.78 is 13.2. The number of pyridine rings is 1. The maximum absolute atomic E-state index is 6.68. The zero-order valence-electron chi connectivity index (χ0n) is 35.4. The topological polar surface area (TPSA) is 35.9 Å². The van der Waals surface area contributed by atoms with Gasteiger partial charge in [-0.2, -0.15) is 18.2 Å². The predicted octanol–water partition coefficient (Wildman–Crippen LogP) is 13.8. The van der Waals surface area contributed by atoms with Crippen LogP contribution in [0.3, 0.4) is 0 Å². The Bertz CT molecular complexity index is 3370.